The Labute approximate surface area is 66.0 Å². The summed E-state index contributed by atoms with van der Waals surface area (Å²) in [4.78, 5) is 0. The van der Waals surface area contributed by atoms with Crippen LogP contribution in [-0.4, -0.2) is 0 Å². The summed E-state index contributed by atoms with van der Waals surface area (Å²) < 4.78 is 0. The molecule has 0 heterocycles. The number of hydrogen-bond acceptors (Lipinski definition) is 1. The lowest BCUT2D eigenvalue weighted by Crippen LogP contribution is -1.88. The Morgan fingerprint density at radius 3 is 2.70 bits per heavy atom. The number of anilines is 1. The highest BCUT2D eigenvalue weighted by atomic mass is 35.5. The minimum absolute atomic E-state index is 0.732. The Morgan fingerprint density at radius 1 is 1.50 bits per heavy atom. The van der Waals surface area contributed by atoms with E-state index in [1.54, 1.807) is 0 Å². The number of rotatable bonds is 1. The molecule has 0 aliphatic carbocycles. The van der Waals surface area contributed by atoms with Gasteiger partial charge in [-0.25, -0.2) is 0 Å². The first-order valence-corrected chi connectivity index (χ1v) is 3.35. The maximum absolute atomic E-state index is 5.80. The first-order chi connectivity index (χ1) is 4.75. The second-order valence-corrected chi connectivity index (χ2v) is 2.46. The van der Waals surface area contributed by atoms with Crippen molar-refractivity contribution in [2.75, 3.05) is 5.32 Å². The molecule has 2 heteroatoms. The van der Waals surface area contributed by atoms with Crippen LogP contribution in [0.3, 0.4) is 0 Å². The van der Waals surface area contributed by atoms with Crippen molar-refractivity contribution in [1.29, 1.82) is 0 Å². The van der Waals surface area contributed by atoms with Crippen molar-refractivity contribution in [3.63, 3.8) is 0 Å². The Hall–Kier alpha value is -0.690. The molecule has 0 saturated heterocycles. The van der Waals surface area contributed by atoms with E-state index in [1.165, 1.54) is 0 Å². The van der Waals surface area contributed by atoms with E-state index in [1.807, 2.05) is 25.1 Å². The maximum Gasteiger partial charge on any atom is 0.0705 e. The van der Waals surface area contributed by atoms with Crippen LogP contribution in [0.15, 0.2) is 18.2 Å². The van der Waals surface area contributed by atoms with E-state index < -0.39 is 0 Å². The third kappa shape index (κ3) is 1.24. The molecular formula is C8H8ClN. The molecule has 0 aliphatic heterocycles. The fourth-order valence-electron chi connectivity index (χ4n) is 0.764. The molecule has 0 aromatic heterocycles. The van der Waals surface area contributed by atoms with Crippen LogP contribution in [0.25, 0.3) is 0 Å². The van der Waals surface area contributed by atoms with E-state index in [0.717, 1.165) is 16.3 Å². The zero-order valence-electron chi connectivity index (χ0n) is 5.69. The van der Waals surface area contributed by atoms with Gasteiger partial charge in [0.1, 0.15) is 0 Å². The monoisotopic (exact) mass is 153 g/mol. The Bertz CT molecular complexity index is 233. The van der Waals surface area contributed by atoms with Gasteiger partial charge in [-0.1, -0.05) is 17.7 Å². The van der Waals surface area contributed by atoms with E-state index in [9.17, 15) is 0 Å². The van der Waals surface area contributed by atoms with Gasteiger partial charge in [0.15, 0.2) is 0 Å². The highest BCUT2D eigenvalue weighted by Gasteiger charge is 1.97. The summed E-state index contributed by atoms with van der Waals surface area (Å²) in [5, 5.41) is 3.28. The van der Waals surface area contributed by atoms with E-state index in [2.05, 4.69) is 5.32 Å². The Morgan fingerprint density at radius 2 is 2.20 bits per heavy atom. The normalized spacial score (nSPS) is 9.50. The average Bonchev–Trinajstić information content (AvgIpc) is 1.95. The first-order valence-electron chi connectivity index (χ1n) is 2.97. The fourth-order valence-corrected chi connectivity index (χ4v) is 0.938. The molecule has 2 radical (unpaired) electrons. The lowest BCUT2D eigenvalue weighted by Gasteiger charge is -2.04. The van der Waals surface area contributed by atoms with Crippen LogP contribution in [0.4, 0.5) is 5.69 Å². The van der Waals surface area contributed by atoms with Gasteiger partial charge in [0.2, 0.25) is 0 Å². The molecule has 0 saturated carbocycles. The molecule has 1 aromatic rings. The summed E-state index contributed by atoms with van der Waals surface area (Å²) in [5.74, 6) is 0. The second-order valence-electron chi connectivity index (χ2n) is 2.06. The predicted molar refractivity (Wildman–Crippen MR) is 44.1 cm³/mol. The summed E-state index contributed by atoms with van der Waals surface area (Å²) >= 11 is 5.80. The van der Waals surface area contributed by atoms with Crippen LogP contribution in [0, 0.1) is 14.0 Å². The molecule has 1 rings (SSSR count). The molecule has 0 atom stereocenters. The second kappa shape index (κ2) is 2.93. The minimum atomic E-state index is 0.732. The van der Waals surface area contributed by atoms with E-state index in [-0.39, 0.29) is 0 Å². The minimum Gasteiger partial charge on any atom is -0.378 e. The zero-order chi connectivity index (χ0) is 7.56. The van der Waals surface area contributed by atoms with Crippen LogP contribution in [0.2, 0.25) is 5.02 Å². The maximum atomic E-state index is 5.80. The highest BCUT2D eigenvalue weighted by Crippen LogP contribution is 2.22. The van der Waals surface area contributed by atoms with Crippen LogP contribution in [0.5, 0.6) is 0 Å². The van der Waals surface area contributed by atoms with Crippen molar-refractivity contribution in [3.05, 3.63) is 35.8 Å². The van der Waals surface area contributed by atoms with Gasteiger partial charge in [-0.05, 0) is 24.6 Å². The molecule has 0 bridgehead atoms. The molecule has 0 unspecified atom stereocenters. The molecule has 1 nitrogen and oxygen atoms in total. The lowest BCUT2D eigenvalue weighted by molar-refractivity contribution is 1.44. The largest absolute Gasteiger partial charge is 0.378 e. The van der Waals surface area contributed by atoms with Crippen LogP contribution in [-0.2, 0) is 0 Å². The third-order valence-electron chi connectivity index (χ3n) is 1.42. The summed E-state index contributed by atoms with van der Waals surface area (Å²) in [5.41, 5.74) is 1.85. The van der Waals surface area contributed by atoms with Crippen LogP contribution < -0.4 is 5.32 Å². The smallest absolute Gasteiger partial charge is 0.0705 e. The molecule has 0 amide bonds. The fraction of sp³-hybridized carbons (Fsp3) is 0.125. The Balaban J connectivity index is 3.14. The van der Waals surface area contributed by atoms with Crippen molar-refractivity contribution in [1.82, 2.24) is 0 Å². The van der Waals surface area contributed by atoms with Gasteiger partial charge >= 0.3 is 0 Å². The Kier molecular flexibility index (Phi) is 2.17. The molecule has 1 N–H and O–H groups in total. The van der Waals surface area contributed by atoms with Crippen LogP contribution >= 0.6 is 11.6 Å². The number of hydrogen-bond donors (Lipinski definition) is 1. The van der Waals surface area contributed by atoms with E-state index in [4.69, 9.17) is 18.6 Å². The van der Waals surface area contributed by atoms with Gasteiger partial charge in [0.05, 0.1) is 7.05 Å². The highest BCUT2D eigenvalue weighted by molar-refractivity contribution is 6.31. The zero-order valence-corrected chi connectivity index (χ0v) is 6.44. The molecule has 10 heavy (non-hydrogen) atoms. The standard InChI is InChI=1S/C8H8ClN/c1-6-7(9)4-3-5-8(6)10-2/h2-5,10H,1H3. The predicted octanol–water partition coefficient (Wildman–Crippen LogP) is 2.73. The molecule has 1 aromatic carbocycles. The van der Waals surface area contributed by atoms with Crippen LogP contribution in [0.1, 0.15) is 5.56 Å². The van der Waals surface area contributed by atoms with Gasteiger partial charge in [0, 0.05) is 10.7 Å². The van der Waals surface area contributed by atoms with E-state index >= 15 is 0 Å². The van der Waals surface area contributed by atoms with Crippen molar-refractivity contribution in [3.8, 4) is 0 Å². The van der Waals surface area contributed by atoms with Gasteiger partial charge in [-0.3, -0.25) is 0 Å². The van der Waals surface area contributed by atoms with Gasteiger partial charge < -0.3 is 5.32 Å². The molecule has 0 fully saturated rings. The van der Waals surface area contributed by atoms with Crippen molar-refractivity contribution >= 4 is 17.3 Å². The summed E-state index contributed by atoms with van der Waals surface area (Å²) in [7, 11) is 5.21. The summed E-state index contributed by atoms with van der Waals surface area (Å²) in [6, 6.07) is 5.56. The quantitative estimate of drug-likeness (QED) is 0.612. The van der Waals surface area contributed by atoms with Gasteiger partial charge in [-0.2, -0.15) is 0 Å². The van der Waals surface area contributed by atoms with Crippen molar-refractivity contribution < 1.29 is 0 Å². The number of nitrogens with one attached hydrogen (secondary N) is 1. The third-order valence-corrected chi connectivity index (χ3v) is 1.83. The SMILES string of the molecule is [CH]Nc1cccc(Cl)c1C. The number of halogens is 1. The van der Waals surface area contributed by atoms with Gasteiger partial charge in [0.25, 0.3) is 0 Å². The molecule has 0 spiro atoms. The summed E-state index contributed by atoms with van der Waals surface area (Å²) in [6.07, 6.45) is 0. The number of benzene rings is 1. The first kappa shape index (κ1) is 7.42. The lowest BCUT2D eigenvalue weighted by atomic mass is 10.2. The van der Waals surface area contributed by atoms with Crippen molar-refractivity contribution in [2.24, 2.45) is 0 Å². The molecule has 0 aliphatic rings. The van der Waals surface area contributed by atoms with Gasteiger partial charge in [-0.15, -0.1) is 0 Å². The molecule has 52 valence electrons. The topological polar surface area (TPSA) is 12.0 Å². The average molecular weight is 154 g/mol. The molecular weight excluding hydrogens is 146 g/mol. The summed E-state index contributed by atoms with van der Waals surface area (Å²) in [6.45, 7) is 1.91. The van der Waals surface area contributed by atoms with Crippen molar-refractivity contribution in [2.45, 2.75) is 6.92 Å². The van der Waals surface area contributed by atoms with E-state index in [0.29, 0.717) is 0 Å².